The van der Waals surface area contributed by atoms with E-state index in [1.807, 2.05) is 0 Å². The summed E-state index contributed by atoms with van der Waals surface area (Å²) in [6, 6.07) is 76.2. The van der Waals surface area contributed by atoms with Crippen molar-refractivity contribution in [2.75, 3.05) is 0 Å². The normalized spacial score (nSPS) is 14.2. The van der Waals surface area contributed by atoms with Crippen molar-refractivity contribution >= 4 is 36.3 Å². The number of fused-ring (bicyclic) bond motifs is 8. The number of hydrogen-bond acceptors (Lipinski definition) is 0. The number of hydrogen-bond donors (Lipinski definition) is 0. The molecule has 0 nitrogen and oxygen atoms in total. The van der Waals surface area contributed by atoms with Crippen LogP contribution in [0.4, 0.5) is 0 Å². The summed E-state index contributed by atoms with van der Waals surface area (Å²) in [6.45, 7) is 12.0. The molecule has 0 amide bonds. The molecule has 0 fully saturated rings. The monoisotopic (exact) mass is 834 g/mol. The summed E-state index contributed by atoms with van der Waals surface area (Å²) in [5, 5.41) is 6.63. The molecular formula is C63H50Si. The first-order valence-corrected chi connectivity index (χ1v) is 25.1. The molecule has 0 aliphatic heterocycles. The van der Waals surface area contributed by atoms with Crippen LogP contribution in [0, 0.1) is 0 Å². The van der Waals surface area contributed by atoms with E-state index in [1.54, 1.807) is 0 Å². The van der Waals surface area contributed by atoms with E-state index < -0.39 is 9.52 Å². The number of benzene rings is 10. The highest BCUT2D eigenvalue weighted by Gasteiger charge is 2.37. The van der Waals surface area contributed by atoms with Crippen molar-refractivity contribution in [3.05, 3.63) is 222 Å². The van der Waals surface area contributed by atoms with Gasteiger partial charge < -0.3 is 0 Å². The van der Waals surface area contributed by atoms with Crippen LogP contribution >= 0.6 is 0 Å². The van der Waals surface area contributed by atoms with Gasteiger partial charge in [0.25, 0.3) is 0 Å². The molecule has 0 heterocycles. The van der Waals surface area contributed by atoms with Gasteiger partial charge in [0.1, 0.15) is 0 Å². The minimum atomic E-state index is -0.410. The maximum Gasteiger partial charge on any atom is 0.0525 e. The van der Waals surface area contributed by atoms with Crippen LogP contribution in [0.3, 0.4) is 0 Å². The zero-order chi connectivity index (χ0) is 43.3. The maximum atomic E-state index is 2.52. The average Bonchev–Trinajstić information content (AvgIpc) is 3.71. The van der Waals surface area contributed by atoms with E-state index in [-0.39, 0.29) is 10.8 Å². The van der Waals surface area contributed by atoms with Gasteiger partial charge in [-0.05, 0) is 152 Å². The summed E-state index contributed by atoms with van der Waals surface area (Å²) in [7, 11) is -0.410. The predicted octanol–water partition coefficient (Wildman–Crippen LogP) is 15.8. The Hall–Kier alpha value is -7.06. The fraction of sp³-hybridized carbons (Fsp3) is 0.111. The van der Waals surface area contributed by atoms with Gasteiger partial charge in [-0.1, -0.05) is 209 Å². The van der Waals surface area contributed by atoms with Crippen LogP contribution in [-0.4, -0.2) is 9.52 Å². The minimum Gasteiger partial charge on any atom is -0.0708 e. The smallest absolute Gasteiger partial charge is 0.0525 e. The fourth-order valence-electron chi connectivity index (χ4n) is 11.5. The Bertz CT molecular complexity index is 3530. The van der Waals surface area contributed by atoms with Gasteiger partial charge in [-0.25, -0.2) is 0 Å². The lowest BCUT2D eigenvalue weighted by Crippen LogP contribution is -2.15. The van der Waals surface area contributed by atoms with E-state index >= 15 is 0 Å². The molecule has 0 aromatic heterocycles. The van der Waals surface area contributed by atoms with Gasteiger partial charge in [-0.15, -0.1) is 0 Å². The molecule has 0 atom stereocenters. The second kappa shape index (κ2) is 14.5. The molecule has 0 N–H and O–H groups in total. The number of rotatable bonds is 6. The zero-order valence-electron chi connectivity index (χ0n) is 37.3. The molecule has 10 aromatic carbocycles. The zero-order valence-corrected chi connectivity index (χ0v) is 38.7. The third-order valence-electron chi connectivity index (χ3n) is 14.9. The highest BCUT2D eigenvalue weighted by atomic mass is 28.2. The van der Waals surface area contributed by atoms with E-state index in [0.717, 1.165) is 0 Å². The third kappa shape index (κ3) is 5.80. The van der Waals surface area contributed by atoms with Crippen LogP contribution in [0.15, 0.2) is 200 Å². The standard InChI is InChI=1S/C63H50Si/c1-62(2)55-23-12-9-21-47(55)49-30-28-44(37-57(49)62)60-52-33-27-43(46-20-11-14-25-59(46)64-5)36-54(52)61(45-29-31-50-48-22-10-13-24-56(48)63(3,4)58(50)38-45)51-32-26-42(35-53(51)60)41-19-15-18-40(34-41)39-16-7-6-8-17-39/h6-38H,64H2,1-5H3. The Morgan fingerprint density at radius 2 is 0.703 bits per heavy atom. The van der Waals surface area contributed by atoms with Crippen LogP contribution in [0.1, 0.15) is 49.9 Å². The van der Waals surface area contributed by atoms with E-state index in [0.29, 0.717) is 0 Å². The van der Waals surface area contributed by atoms with Crippen molar-refractivity contribution in [3.63, 3.8) is 0 Å². The van der Waals surface area contributed by atoms with Gasteiger partial charge in [0.05, 0.1) is 9.52 Å². The van der Waals surface area contributed by atoms with Gasteiger partial charge in [0.2, 0.25) is 0 Å². The second-order valence-corrected chi connectivity index (χ2v) is 20.6. The molecule has 12 rings (SSSR count). The van der Waals surface area contributed by atoms with Crippen LogP contribution in [0.25, 0.3) is 99.4 Å². The Morgan fingerprint density at radius 1 is 0.281 bits per heavy atom. The second-order valence-electron chi connectivity index (χ2n) is 19.1. The minimum absolute atomic E-state index is 0.116. The SMILES string of the molecule is C[SiH2]c1ccccc1-c1ccc2c(-c3ccc4c(c3)C(C)(C)c3ccccc3-4)c3cc(-c4cccc(-c5ccccc5)c4)ccc3c(-c3ccc4c(c3)C(C)(C)c3ccccc3-4)c2c1. The Balaban J connectivity index is 1.18. The van der Waals surface area contributed by atoms with Gasteiger partial charge in [-0.2, -0.15) is 0 Å². The van der Waals surface area contributed by atoms with Crippen LogP contribution in [-0.2, 0) is 10.8 Å². The quantitative estimate of drug-likeness (QED) is 0.116. The highest BCUT2D eigenvalue weighted by molar-refractivity contribution is 6.54. The van der Waals surface area contributed by atoms with Crippen LogP contribution in [0.5, 0.6) is 0 Å². The lowest BCUT2D eigenvalue weighted by atomic mass is 9.79. The third-order valence-corrected chi connectivity index (χ3v) is 16.3. The lowest BCUT2D eigenvalue weighted by Gasteiger charge is -2.24. The molecule has 0 bridgehead atoms. The summed E-state index contributed by atoms with van der Waals surface area (Å²) in [5.74, 6) is 0. The van der Waals surface area contributed by atoms with Crippen LogP contribution < -0.4 is 5.19 Å². The predicted molar refractivity (Wildman–Crippen MR) is 278 cm³/mol. The molecule has 1 heteroatoms. The van der Waals surface area contributed by atoms with Gasteiger partial charge in [0, 0.05) is 10.8 Å². The van der Waals surface area contributed by atoms with Crippen molar-refractivity contribution in [2.45, 2.75) is 45.1 Å². The maximum absolute atomic E-state index is 2.52. The summed E-state index contributed by atoms with van der Waals surface area (Å²) in [4.78, 5) is 0. The molecule has 306 valence electrons. The molecule has 0 unspecified atom stereocenters. The van der Waals surface area contributed by atoms with E-state index in [1.165, 1.54) is 127 Å². The molecule has 0 saturated heterocycles. The van der Waals surface area contributed by atoms with E-state index in [2.05, 4.69) is 234 Å². The summed E-state index contributed by atoms with van der Waals surface area (Å²) >= 11 is 0. The van der Waals surface area contributed by atoms with E-state index in [4.69, 9.17) is 0 Å². The first-order chi connectivity index (χ1) is 31.2. The molecule has 0 radical (unpaired) electrons. The molecule has 0 spiro atoms. The van der Waals surface area contributed by atoms with Crippen molar-refractivity contribution < 1.29 is 0 Å². The molecule has 64 heavy (non-hydrogen) atoms. The highest BCUT2D eigenvalue weighted by Crippen LogP contribution is 2.54. The fourth-order valence-corrected chi connectivity index (χ4v) is 12.6. The van der Waals surface area contributed by atoms with Crippen molar-refractivity contribution in [2.24, 2.45) is 0 Å². The van der Waals surface area contributed by atoms with Gasteiger partial charge >= 0.3 is 0 Å². The first-order valence-electron chi connectivity index (χ1n) is 23.0. The van der Waals surface area contributed by atoms with Gasteiger partial charge in [-0.3, -0.25) is 0 Å². The van der Waals surface area contributed by atoms with Crippen molar-refractivity contribution in [3.8, 4) is 77.9 Å². The largest absolute Gasteiger partial charge is 0.0708 e. The molecule has 10 aromatic rings. The van der Waals surface area contributed by atoms with Crippen LogP contribution in [0.2, 0.25) is 6.55 Å². The average molecular weight is 835 g/mol. The Kier molecular flexibility index (Phi) is 8.74. The lowest BCUT2D eigenvalue weighted by molar-refractivity contribution is 0.660. The molecular weight excluding hydrogens is 785 g/mol. The molecule has 2 aliphatic rings. The van der Waals surface area contributed by atoms with Crippen molar-refractivity contribution in [1.29, 1.82) is 0 Å². The summed E-state index contributed by atoms with van der Waals surface area (Å²) in [6.07, 6.45) is 0. The Morgan fingerprint density at radius 3 is 1.28 bits per heavy atom. The van der Waals surface area contributed by atoms with Crippen molar-refractivity contribution in [1.82, 2.24) is 0 Å². The summed E-state index contributed by atoms with van der Waals surface area (Å²) < 4.78 is 0. The molecule has 2 aliphatic carbocycles. The topological polar surface area (TPSA) is 0 Å². The van der Waals surface area contributed by atoms with Gasteiger partial charge in [0.15, 0.2) is 0 Å². The van der Waals surface area contributed by atoms with E-state index in [9.17, 15) is 0 Å². The molecule has 0 saturated carbocycles. The first kappa shape index (κ1) is 38.6. The summed E-state index contributed by atoms with van der Waals surface area (Å²) in [5.41, 5.74) is 23.4. The Labute approximate surface area is 379 Å².